The zero-order valence-corrected chi connectivity index (χ0v) is 63.0. The maximum absolute atomic E-state index is 12.4. The number of aromatic nitrogens is 5. The first-order valence-electron chi connectivity index (χ1n) is 35.2. The first-order valence-corrected chi connectivity index (χ1v) is 36.0. The number of fused-ring (bicyclic) bond motifs is 1. The van der Waals surface area contributed by atoms with Crippen LogP contribution in [0.4, 0.5) is 5.69 Å². The third-order valence-corrected chi connectivity index (χ3v) is 16.0. The molecular weight excluding hydrogens is 1250 g/mol. The first kappa shape index (κ1) is 88.1. The Kier molecular flexibility index (Phi) is 49.5. The Morgan fingerprint density at radius 3 is 2.19 bits per heavy atom. The Bertz CT molecular complexity index is 3200. The standard InChI is InChI=1S/C24H34N2O3.C21H23N5O2.C15H25N5O2S.C8H15N.C2H6O.3C2H6/c1-5-29-23-16-22(28-4)13-12-21(23)17-25-18-24(27)26(3)14-7-6-10-20-11-8-9-19(2)15-20;1-2-16-10-19-20(24-21(16)28)9-15(11-23-19)13-25-5-7-26(8-6-25)18-4-3-17(14-27)22-12-18;1-16-7-8-20-10-13(9-18-20)23-19-15(22)14(17-11-21)12-5-3-2-4-6-12;1-4-6-7-8(3)9-5-2;1-3-2;3*1-2/h8-9,11-13,15-16,25H,5-7,10,14,17-18H2,1-4H3;3-4,9-12,14H,2,5-8,13H2,1H3,(H,24,28);9-12,14,16H,2-8H2,1H3,(H,17,21)(H,19,22);6-7,9H,3-5H2,1-2H3;1-2H3;3*1-2H3/b;;;7-6+;;;;. The molecule has 1 unspecified atom stereocenters. The number of amides is 3. The second-order valence-electron chi connectivity index (χ2n) is 22.4. The number of methoxy groups -OCH3 is 2. The fourth-order valence-corrected chi connectivity index (χ4v) is 10.9. The predicted octanol–water partition coefficient (Wildman–Crippen LogP) is 12.3. The molecule has 4 aromatic heterocycles. The zero-order chi connectivity index (χ0) is 72.9. The molecular formula is C76H121N13O8S. The number of unbranched alkanes of at least 4 members (excludes halogenated alkanes) is 1. The molecule has 0 bridgehead atoms. The molecule has 1 saturated carbocycles. The molecule has 0 radical (unpaired) electrons. The highest BCUT2D eigenvalue weighted by Crippen LogP contribution is 2.28. The summed E-state index contributed by atoms with van der Waals surface area (Å²) >= 11 is 1.24. The number of carbonyl (C=O) groups is 4. The van der Waals surface area contributed by atoms with Crippen LogP contribution in [0.5, 0.6) is 11.5 Å². The van der Waals surface area contributed by atoms with Crippen molar-refractivity contribution in [3.63, 3.8) is 0 Å². The van der Waals surface area contributed by atoms with Crippen LogP contribution in [0.3, 0.4) is 0 Å². The van der Waals surface area contributed by atoms with E-state index in [4.69, 9.17) is 9.47 Å². The van der Waals surface area contributed by atoms with Crippen molar-refractivity contribution < 1.29 is 33.4 Å². The van der Waals surface area contributed by atoms with Crippen LogP contribution in [0.2, 0.25) is 0 Å². The Morgan fingerprint density at radius 1 is 0.857 bits per heavy atom. The minimum atomic E-state index is -0.445. The van der Waals surface area contributed by atoms with E-state index in [0.717, 1.165) is 172 Å². The Balaban J connectivity index is 0.000000657. The largest absolute Gasteiger partial charge is 0.497 e. The fraction of sp³-hybridized carbons (Fsp3) is 0.526. The summed E-state index contributed by atoms with van der Waals surface area (Å²) < 4.78 is 19.8. The van der Waals surface area contributed by atoms with E-state index in [1.807, 2.05) is 129 Å². The van der Waals surface area contributed by atoms with Crippen LogP contribution in [0, 0.1) is 12.8 Å². The van der Waals surface area contributed by atoms with Gasteiger partial charge in [0.15, 0.2) is 6.29 Å². The zero-order valence-electron chi connectivity index (χ0n) is 62.2. The summed E-state index contributed by atoms with van der Waals surface area (Å²) in [6, 6.07) is 21.5. The van der Waals surface area contributed by atoms with E-state index in [0.29, 0.717) is 38.2 Å². The molecule has 8 rings (SSSR count). The van der Waals surface area contributed by atoms with Gasteiger partial charge in [-0.25, -0.2) is 0 Å². The second-order valence-corrected chi connectivity index (χ2v) is 23.3. The van der Waals surface area contributed by atoms with E-state index in [-0.39, 0.29) is 23.3 Å². The van der Waals surface area contributed by atoms with Gasteiger partial charge < -0.3 is 50.3 Å². The SMILES string of the molecule is C=C(/C=C/CC)NCC.CC.CC.CC.CCOc1cc(OC)ccc1CNCC(=O)N(C)CCCCc1cccc(C)c1.CCc1cc2ncc(CN3CCN(c4ccc(C=O)nc4)CC3)cc2[nH]c1=O.CNCCn1cc(SNC(=O)C(NC=O)C2CCCCC2)cn1.COC. The Hall–Kier alpha value is -7.89. The number of hydrogen-bond donors (Lipinski definition) is 6. The third-order valence-electron chi connectivity index (χ3n) is 15.2. The lowest BCUT2D eigenvalue weighted by atomic mass is 9.83. The van der Waals surface area contributed by atoms with Crippen molar-refractivity contribution in [2.75, 3.05) is 99.3 Å². The second kappa shape index (κ2) is 55.0. The van der Waals surface area contributed by atoms with Crippen molar-refractivity contribution >= 4 is 53.2 Å². The van der Waals surface area contributed by atoms with Gasteiger partial charge in [-0.3, -0.25) is 48.2 Å². The van der Waals surface area contributed by atoms with E-state index in [2.05, 4.69) is 118 Å². The molecule has 1 aliphatic carbocycles. The van der Waals surface area contributed by atoms with Crippen LogP contribution >= 0.6 is 11.9 Å². The number of ether oxygens (including phenoxy) is 3. The summed E-state index contributed by atoms with van der Waals surface area (Å²) in [4.78, 5) is 77.3. The molecule has 544 valence electrons. The summed E-state index contributed by atoms with van der Waals surface area (Å²) in [6.07, 6.45) is 23.1. The first-order chi connectivity index (χ1) is 47.6. The predicted molar refractivity (Wildman–Crippen MR) is 405 cm³/mol. The number of likely N-dealkylation sites (N-methyl/N-ethyl adjacent to an activating group) is 3. The molecule has 0 spiro atoms. The average Bonchev–Trinajstić information content (AvgIpc) is 0.942. The third kappa shape index (κ3) is 35.1. The quantitative estimate of drug-likeness (QED) is 0.0106. The maximum atomic E-state index is 12.4. The summed E-state index contributed by atoms with van der Waals surface area (Å²) in [6.45, 7) is 35.3. The van der Waals surface area contributed by atoms with Crippen molar-refractivity contribution in [3.8, 4) is 11.5 Å². The fourth-order valence-electron chi connectivity index (χ4n) is 10.2. The number of pyridine rings is 3. The number of aromatic amines is 1. The number of allylic oxidation sites excluding steroid dienone is 2. The topological polar surface area (TPSA) is 242 Å². The highest BCUT2D eigenvalue weighted by Gasteiger charge is 2.29. The molecule has 6 aromatic rings. The monoisotopic (exact) mass is 1380 g/mol. The van der Waals surface area contributed by atoms with Gasteiger partial charge in [-0.1, -0.05) is 123 Å². The van der Waals surface area contributed by atoms with Gasteiger partial charge in [0, 0.05) is 115 Å². The molecule has 2 fully saturated rings. The van der Waals surface area contributed by atoms with Crippen LogP contribution in [0.1, 0.15) is 159 Å². The minimum absolute atomic E-state index is 0.0308. The number of benzene rings is 2. The summed E-state index contributed by atoms with van der Waals surface area (Å²) in [5, 5.41) is 16.3. The van der Waals surface area contributed by atoms with Gasteiger partial charge in [0.05, 0.1) is 60.8 Å². The van der Waals surface area contributed by atoms with Gasteiger partial charge in [-0.05, 0) is 138 Å². The highest BCUT2D eigenvalue weighted by molar-refractivity contribution is 7.98. The van der Waals surface area contributed by atoms with E-state index in [1.165, 1.54) is 29.5 Å². The summed E-state index contributed by atoms with van der Waals surface area (Å²) in [5.74, 6) is 1.74. The van der Waals surface area contributed by atoms with Gasteiger partial charge in [0.1, 0.15) is 23.2 Å². The molecule has 1 aliphatic heterocycles. The number of H-pyrrole nitrogens is 1. The molecule has 2 aliphatic rings. The van der Waals surface area contributed by atoms with Gasteiger partial charge in [0.25, 0.3) is 11.5 Å². The highest BCUT2D eigenvalue weighted by atomic mass is 32.2. The molecule has 22 heteroatoms. The number of aryl methyl sites for hydroxylation is 3. The minimum Gasteiger partial charge on any atom is -0.497 e. The van der Waals surface area contributed by atoms with Crippen LogP contribution in [0.25, 0.3) is 11.0 Å². The van der Waals surface area contributed by atoms with Gasteiger partial charge >= 0.3 is 0 Å². The number of carbonyl (C=O) groups excluding carboxylic acids is 4. The number of rotatable bonds is 30. The Labute approximate surface area is 591 Å². The van der Waals surface area contributed by atoms with Crippen molar-refractivity contribution in [1.82, 2.24) is 60.5 Å². The molecule has 98 heavy (non-hydrogen) atoms. The average molecular weight is 1380 g/mol. The number of piperazine rings is 1. The van der Waals surface area contributed by atoms with Crippen molar-refractivity contribution in [2.45, 2.75) is 171 Å². The van der Waals surface area contributed by atoms with Crippen LogP contribution < -0.4 is 45.9 Å². The van der Waals surface area contributed by atoms with Crippen molar-refractivity contribution in [2.24, 2.45) is 5.92 Å². The van der Waals surface area contributed by atoms with Crippen LogP contribution in [-0.2, 0) is 51.6 Å². The Morgan fingerprint density at radius 2 is 1.58 bits per heavy atom. The number of hydrogen-bond acceptors (Lipinski definition) is 17. The molecule has 2 aromatic carbocycles. The van der Waals surface area contributed by atoms with Crippen LogP contribution in [-0.4, -0.2) is 159 Å². The number of aldehydes is 1. The van der Waals surface area contributed by atoms with Gasteiger partial charge in [0.2, 0.25) is 12.3 Å². The molecule has 3 amide bonds. The summed E-state index contributed by atoms with van der Waals surface area (Å²) in [5.41, 5.74) is 9.62. The van der Waals surface area contributed by atoms with Crippen molar-refractivity contribution in [3.05, 3.63) is 160 Å². The number of nitrogens with zero attached hydrogens (tertiary/aromatic N) is 7. The molecule has 1 saturated heterocycles. The lowest BCUT2D eigenvalue weighted by Gasteiger charge is -2.35. The molecule has 1 atom stereocenters. The van der Waals surface area contributed by atoms with Crippen molar-refractivity contribution in [1.29, 1.82) is 0 Å². The van der Waals surface area contributed by atoms with E-state index in [9.17, 15) is 24.0 Å². The van der Waals surface area contributed by atoms with Gasteiger partial charge in [-0.15, -0.1) is 0 Å². The lowest BCUT2D eigenvalue weighted by molar-refractivity contribution is -0.129. The van der Waals surface area contributed by atoms with Gasteiger partial charge in [-0.2, -0.15) is 5.10 Å². The molecule has 6 N–H and O–H groups in total. The normalized spacial score (nSPS) is 12.7. The molecule has 5 heterocycles. The number of anilines is 1. The maximum Gasteiger partial charge on any atom is 0.252 e. The van der Waals surface area contributed by atoms with E-state index in [1.54, 1.807) is 44.7 Å². The van der Waals surface area contributed by atoms with E-state index >= 15 is 0 Å². The van der Waals surface area contributed by atoms with Crippen LogP contribution in [0.15, 0.2) is 126 Å². The lowest BCUT2D eigenvalue weighted by Crippen LogP contribution is -2.47. The summed E-state index contributed by atoms with van der Waals surface area (Å²) in [7, 11) is 8.65. The number of nitrogens with one attached hydrogen (secondary N) is 6. The van der Waals surface area contributed by atoms with E-state index < -0.39 is 6.04 Å². The molecule has 21 nitrogen and oxygen atoms in total. The smallest absolute Gasteiger partial charge is 0.252 e.